The maximum absolute atomic E-state index is 14.3. The molecule has 1 unspecified atom stereocenters. The lowest BCUT2D eigenvalue weighted by atomic mass is 9.85. The minimum atomic E-state index is -3.73. The van der Waals surface area contributed by atoms with Crippen LogP contribution in [-0.4, -0.2) is 109 Å². The summed E-state index contributed by atoms with van der Waals surface area (Å²) in [5.74, 6) is -1.02. The topological polar surface area (TPSA) is 191 Å². The molecule has 2 aliphatic heterocycles. The minimum absolute atomic E-state index is 0.0119. The number of nitrogens with two attached hydrogens (primary N) is 1. The van der Waals surface area contributed by atoms with E-state index in [1.165, 1.54) is 20.6 Å². The first-order valence-electron chi connectivity index (χ1n) is 17.1. The van der Waals surface area contributed by atoms with Gasteiger partial charge in [-0.3, -0.25) is 19.2 Å². The van der Waals surface area contributed by atoms with E-state index in [-0.39, 0.29) is 43.2 Å². The highest BCUT2D eigenvalue weighted by Gasteiger charge is 2.70. The van der Waals surface area contributed by atoms with E-state index in [0.717, 1.165) is 19.3 Å². The van der Waals surface area contributed by atoms with E-state index in [9.17, 15) is 32.4 Å². The lowest BCUT2D eigenvalue weighted by molar-refractivity contribution is -0.145. The Hall–Kier alpha value is -3.22. The molecule has 1 saturated carbocycles. The number of primary amides is 1. The molecule has 1 aliphatic carbocycles. The number of terminal acetylenes is 1. The zero-order valence-electron chi connectivity index (χ0n) is 30.6. The van der Waals surface area contributed by atoms with Crippen molar-refractivity contribution in [2.45, 2.75) is 112 Å². The Labute approximate surface area is 292 Å². The number of ketones is 1. The van der Waals surface area contributed by atoms with Gasteiger partial charge in [0.1, 0.15) is 12.1 Å². The lowest BCUT2D eigenvalue weighted by Gasteiger charge is -2.39. The molecular formula is C34H57N7O7S. The van der Waals surface area contributed by atoms with Crippen molar-refractivity contribution in [3.05, 3.63) is 0 Å². The third-order valence-electron chi connectivity index (χ3n) is 10.4. The van der Waals surface area contributed by atoms with Gasteiger partial charge in [0.15, 0.2) is 0 Å². The van der Waals surface area contributed by atoms with Crippen LogP contribution in [-0.2, 0) is 29.4 Å². The summed E-state index contributed by atoms with van der Waals surface area (Å²) in [6.45, 7) is 16.3. The van der Waals surface area contributed by atoms with Crippen LogP contribution in [0.4, 0.5) is 4.79 Å². The number of Topliss-reactive ketones (excluding diaryl/α,β-unsaturated/α-hetero) is 1. The lowest BCUT2D eigenvalue weighted by Crippen LogP contribution is -2.63. The smallest absolute Gasteiger partial charge is 0.315 e. The number of nitrogens with one attached hydrogen (secondary N) is 3. The summed E-state index contributed by atoms with van der Waals surface area (Å²) in [7, 11) is -2.23. The number of amides is 5. The average Bonchev–Trinajstić information content (AvgIpc) is 3.31. The van der Waals surface area contributed by atoms with Gasteiger partial charge in [0.2, 0.25) is 17.6 Å². The van der Waals surface area contributed by atoms with Gasteiger partial charge in [0.05, 0.1) is 6.04 Å². The molecule has 6 atom stereocenters. The molecule has 0 aromatic heterocycles. The van der Waals surface area contributed by atoms with Crippen LogP contribution in [0.25, 0.3) is 0 Å². The first kappa shape index (κ1) is 40.2. The van der Waals surface area contributed by atoms with Crippen molar-refractivity contribution in [3.63, 3.8) is 0 Å². The molecule has 3 aliphatic rings. The number of likely N-dealkylation sites (N-methyl/N-ethyl adjacent to an activating group) is 1. The number of piperidine rings is 2. The van der Waals surface area contributed by atoms with E-state index in [0.29, 0.717) is 13.1 Å². The first-order chi connectivity index (χ1) is 22.5. The maximum atomic E-state index is 14.3. The van der Waals surface area contributed by atoms with Crippen molar-refractivity contribution >= 4 is 39.7 Å². The Morgan fingerprint density at radius 2 is 1.57 bits per heavy atom. The summed E-state index contributed by atoms with van der Waals surface area (Å²) in [5.41, 5.74) is 3.65. The predicted molar refractivity (Wildman–Crippen MR) is 186 cm³/mol. The second kappa shape index (κ2) is 14.9. The van der Waals surface area contributed by atoms with Gasteiger partial charge in [-0.15, -0.1) is 12.3 Å². The zero-order chi connectivity index (χ0) is 37.3. The van der Waals surface area contributed by atoms with Crippen LogP contribution in [0, 0.1) is 40.4 Å². The number of fused-ring (bicyclic) bond motifs is 1. The van der Waals surface area contributed by atoms with Crippen LogP contribution in [0.3, 0.4) is 0 Å². The van der Waals surface area contributed by atoms with Crippen LogP contribution in [0.15, 0.2) is 0 Å². The Balaban J connectivity index is 1.81. The number of carbonyl (C=O) groups excluding carboxylic acids is 5. The Morgan fingerprint density at radius 1 is 0.980 bits per heavy atom. The molecular weight excluding hydrogens is 650 g/mol. The van der Waals surface area contributed by atoms with E-state index < -0.39 is 74.7 Å². The summed E-state index contributed by atoms with van der Waals surface area (Å²) >= 11 is 0. The number of hydrogen-bond donors (Lipinski definition) is 4. The highest BCUT2D eigenvalue weighted by atomic mass is 32.2. The van der Waals surface area contributed by atoms with Crippen LogP contribution in [0.2, 0.25) is 0 Å². The van der Waals surface area contributed by atoms with Gasteiger partial charge in [0, 0.05) is 45.7 Å². The molecule has 49 heavy (non-hydrogen) atoms. The van der Waals surface area contributed by atoms with Gasteiger partial charge in [-0.1, -0.05) is 61.8 Å². The number of likely N-dealkylation sites (tertiary alicyclic amines) is 1. The average molecular weight is 708 g/mol. The molecule has 0 aromatic rings. The number of carbonyl (C=O) groups is 5. The summed E-state index contributed by atoms with van der Waals surface area (Å²) in [6.07, 6.45) is 8.08. The van der Waals surface area contributed by atoms with Crippen LogP contribution >= 0.6 is 0 Å². The van der Waals surface area contributed by atoms with Crippen molar-refractivity contribution in [1.82, 2.24) is 29.5 Å². The quantitative estimate of drug-likeness (QED) is 0.163. The molecule has 0 aromatic carbocycles. The molecule has 14 nitrogen and oxygen atoms in total. The van der Waals surface area contributed by atoms with Crippen molar-refractivity contribution in [3.8, 4) is 12.3 Å². The first-order valence-corrected chi connectivity index (χ1v) is 18.5. The van der Waals surface area contributed by atoms with Gasteiger partial charge in [-0.2, -0.15) is 17.0 Å². The molecule has 0 bridgehead atoms. The maximum Gasteiger partial charge on any atom is 0.315 e. The Bertz CT molecular complexity index is 1440. The fourth-order valence-electron chi connectivity index (χ4n) is 7.06. The van der Waals surface area contributed by atoms with E-state index in [1.807, 2.05) is 34.6 Å². The standard InChI is InChI=1S/C34H57N7O7S/c1-11-12-16-22(26(42)28(35)43)36-29(44)25-24-21(34(24,8)9)19-41(25)30(45)27(33(5,6)7)38-31(46)37-23(32(2,3)4)20-39(10)49(47,48)40-17-14-13-15-18-40/h1,21-25,27H,12-20H2,2-10H3,(H2,35,43)(H,36,44)(H2,37,38,46)/t21-,22?,23+,24-,25-,27+/m0/s1. The molecule has 5 amide bonds. The predicted octanol–water partition coefficient (Wildman–Crippen LogP) is 1.21. The Kier molecular flexibility index (Phi) is 12.3. The monoisotopic (exact) mass is 707 g/mol. The third-order valence-corrected chi connectivity index (χ3v) is 12.4. The van der Waals surface area contributed by atoms with E-state index in [4.69, 9.17) is 12.2 Å². The molecule has 2 saturated heterocycles. The Morgan fingerprint density at radius 3 is 2.08 bits per heavy atom. The summed E-state index contributed by atoms with van der Waals surface area (Å²) < 4.78 is 29.4. The fraction of sp³-hybridized carbons (Fsp3) is 0.794. The van der Waals surface area contributed by atoms with Crippen LogP contribution in [0.5, 0.6) is 0 Å². The fourth-order valence-corrected chi connectivity index (χ4v) is 8.52. The number of hydrogen-bond acceptors (Lipinski definition) is 7. The molecule has 0 spiro atoms. The molecule has 276 valence electrons. The molecule has 2 heterocycles. The molecule has 0 radical (unpaired) electrons. The highest BCUT2D eigenvalue weighted by molar-refractivity contribution is 7.86. The van der Waals surface area contributed by atoms with E-state index in [1.54, 1.807) is 20.8 Å². The molecule has 3 rings (SSSR count). The number of urea groups is 1. The SMILES string of the molecule is C#CCCC(NC(=O)[C@@H]1[C@@H]2[C@H](CN1C(=O)[C@@H](NC(=O)N[C@H](CN(C)S(=O)(=O)N1CCCCC1)C(C)(C)C)C(C)(C)C)C2(C)C)C(=O)C(N)=O. The van der Waals surface area contributed by atoms with Gasteiger partial charge in [0.25, 0.3) is 16.1 Å². The second-order valence-electron chi connectivity index (χ2n) is 16.5. The van der Waals surface area contributed by atoms with Crippen LogP contribution < -0.4 is 21.7 Å². The number of rotatable bonds is 13. The van der Waals surface area contributed by atoms with Crippen molar-refractivity contribution in [2.75, 3.05) is 33.2 Å². The van der Waals surface area contributed by atoms with Crippen LogP contribution in [0.1, 0.15) is 87.5 Å². The van der Waals surface area contributed by atoms with E-state index in [2.05, 4.69) is 21.9 Å². The summed E-state index contributed by atoms with van der Waals surface area (Å²) in [6, 6.07) is -4.51. The van der Waals surface area contributed by atoms with E-state index >= 15 is 0 Å². The molecule has 3 fully saturated rings. The van der Waals surface area contributed by atoms with Gasteiger partial charge in [-0.25, -0.2) is 4.79 Å². The number of nitrogens with zero attached hydrogens (tertiary/aromatic N) is 3. The zero-order valence-corrected chi connectivity index (χ0v) is 31.4. The summed E-state index contributed by atoms with van der Waals surface area (Å²) in [4.78, 5) is 67.5. The third kappa shape index (κ3) is 9.12. The van der Waals surface area contributed by atoms with Gasteiger partial charge >= 0.3 is 6.03 Å². The largest absolute Gasteiger partial charge is 0.363 e. The summed E-state index contributed by atoms with van der Waals surface area (Å²) in [5, 5.41) is 8.39. The van der Waals surface area contributed by atoms with Crippen molar-refractivity contribution < 1.29 is 32.4 Å². The molecule has 15 heteroatoms. The van der Waals surface area contributed by atoms with Gasteiger partial charge < -0.3 is 26.6 Å². The minimum Gasteiger partial charge on any atom is -0.363 e. The van der Waals surface area contributed by atoms with Crippen molar-refractivity contribution in [2.24, 2.45) is 33.8 Å². The van der Waals surface area contributed by atoms with Gasteiger partial charge in [-0.05, 0) is 47.3 Å². The second-order valence-corrected chi connectivity index (χ2v) is 18.5. The highest BCUT2D eigenvalue weighted by Crippen LogP contribution is 2.65. The normalized spacial score (nSPS) is 24.2. The molecule has 5 N–H and O–H groups in total. The van der Waals surface area contributed by atoms with Crippen molar-refractivity contribution in [1.29, 1.82) is 0 Å².